The van der Waals surface area contributed by atoms with Gasteiger partial charge in [0.15, 0.2) is 5.65 Å². The fourth-order valence-corrected chi connectivity index (χ4v) is 4.04. The van der Waals surface area contributed by atoms with Gasteiger partial charge in [0.2, 0.25) is 0 Å². The molecule has 1 saturated heterocycles. The zero-order valence-corrected chi connectivity index (χ0v) is 17.5. The second-order valence-corrected chi connectivity index (χ2v) is 7.58. The lowest BCUT2D eigenvalue weighted by atomic mass is 10.1. The van der Waals surface area contributed by atoms with Crippen LogP contribution in [0.15, 0.2) is 39.5 Å². The van der Waals surface area contributed by atoms with Crippen molar-refractivity contribution in [3.05, 3.63) is 57.8 Å². The molecule has 1 aliphatic rings. The van der Waals surface area contributed by atoms with E-state index in [1.165, 1.54) is 18.0 Å². The van der Waals surface area contributed by atoms with Crippen LogP contribution in [0, 0.1) is 6.57 Å². The zero-order valence-electron chi connectivity index (χ0n) is 17.5. The van der Waals surface area contributed by atoms with Crippen molar-refractivity contribution in [2.75, 3.05) is 25.1 Å². The lowest BCUT2D eigenvalue weighted by Gasteiger charge is -2.24. The summed E-state index contributed by atoms with van der Waals surface area (Å²) in [6.45, 7) is 9.35. The molecule has 1 aromatic carbocycles. The van der Waals surface area contributed by atoms with Crippen molar-refractivity contribution in [2.24, 2.45) is 0 Å². The van der Waals surface area contributed by atoms with Crippen molar-refractivity contribution in [3.63, 3.8) is 0 Å². The minimum atomic E-state index is -0.428. The van der Waals surface area contributed by atoms with Gasteiger partial charge < -0.3 is 18.9 Å². The van der Waals surface area contributed by atoms with E-state index in [0.717, 1.165) is 31.5 Å². The van der Waals surface area contributed by atoms with Gasteiger partial charge in [-0.1, -0.05) is 42.0 Å². The first-order valence-electron chi connectivity index (χ1n) is 10.4. The van der Waals surface area contributed by atoms with Crippen molar-refractivity contribution >= 4 is 17.5 Å². The van der Waals surface area contributed by atoms with Gasteiger partial charge in [0.05, 0.1) is 17.9 Å². The number of benzene rings is 1. The predicted molar refractivity (Wildman–Crippen MR) is 118 cm³/mol. The number of nitrogens with zero attached hydrogens (tertiary/aromatic N) is 6. The Kier molecular flexibility index (Phi) is 5.17. The van der Waals surface area contributed by atoms with Gasteiger partial charge in [0.25, 0.3) is 11.7 Å². The summed E-state index contributed by atoms with van der Waals surface area (Å²) in [6, 6.07) is 9.77. The summed E-state index contributed by atoms with van der Waals surface area (Å²) in [5.74, 6) is 0.311. The first kappa shape index (κ1) is 20.0. The van der Waals surface area contributed by atoms with Crippen LogP contribution >= 0.6 is 0 Å². The Hall–Kier alpha value is -3.97. The molecule has 0 bridgehead atoms. The number of hydrogen-bond donors (Lipinski definition) is 1. The first-order chi connectivity index (χ1) is 15.7. The molecule has 0 radical (unpaired) electrons. The smallest absolute Gasteiger partial charge is 0.318 e. The van der Waals surface area contributed by atoms with E-state index in [-0.39, 0.29) is 23.9 Å². The molecule has 32 heavy (non-hydrogen) atoms. The van der Waals surface area contributed by atoms with Gasteiger partial charge in [0.1, 0.15) is 5.56 Å². The molecule has 1 fully saturated rings. The third-order valence-corrected chi connectivity index (χ3v) is 5.55. The molecule has 4 heterocycles. The molecule has 1 aliphatic heterocycles. The van der Waals surface area contributed by atoms with Crippen LogP contribution in [0.3, 0.4) is 0 Å². The maximum absolute atomic E-state index is 13.5. The van der Waals surface area contributed by atoms with Crippen molar-refractivity contribution in [1.82, 2.24) is 24.8 Å². The molecule has 0 aliphatic carbocycles. The molecule has 0 unspecified atom stereocenters. The van der Waals surface area contributed by atoms with Gasteiger partial charge in [0, 0.05) is 20.2 Å². The Morgan fingerprint density at radius 2 is 1.94 bits per heavy atom. The summed E-state index contributed by atoms with van der Waals surface area (Å²) < 4.78 is 12.5. The fraction of sp³-hybridized carbons (Fsp3) is 0.318. The highest BCUT2D eigenvalue weighted by molar-refractivity contribution is 5.88. The average Bonchev–Trinajstić information content (AvgIpc) is 3.46. The number of fused-ring (bicyclic) bond motifs is 1. The van der Waals surface area contributed by atoms with Crippen LogP contribution in [0.25, 0.3) is 33.1 Å². The molecule has 3 aromatic heterocycles. The number of methoxy groups -OCH3 is 1. The predicted octanol–water partition coefficient (Wildman–Crippen LogP) is 3.43. The Morgan fingerprint density at radius 3 is 2.66 bits per heavy atom. The number of ether oxygens (including phenoxy) is 1. The molecule has 1 N–H and O–H groups in total. The third-order valence-electron chi connectivity index (χ3n) is 5.55. The SMILES string of the molecule is [C-]#[N+]c1[nH]n2c(=O)c(-c3nnc(N4CCCCC4)o3)c(COC)nc2c1-c1ccccc1. The van der Waals surface area contributed by atoms with Crippen LogP contribution < -0.4 is 10.5 Å². The summed E-state index contributed by atoms with van der Waals surface area (Å²) in [5, 5.41) is 11.2. The van der Waals surface area contributed by atoms with Crippen LogP contribution in [0.1, 0.15) is 25.0 Å². The van der Waals surface area contributed by atoms with E-state index in [4.69, 9.17) is 20.7 Å². The standard InChI is InChI=1S/C22H21N7O3/c1-23-18-16(14-9-5-3-6-10-14)19-24-15(13-31-2)17(21(30)29(19)27-18)20-25-26-22(32-20)28-11-7-4-8-12-28/h3,5-6,9-10,27H,4,7-8,11-13H2,2H3. The number of rotatable bonds is 5. The van der Waals surface area contributed by atoms with Gasteiger partial charge >= 0.3 is 11.6 Å². The lowest BCUT2D eigenvalue weighted by Crippen LogP contribution is -2.29. The van der Waals surface area contributed by atoms with Crippen LogP contribution in [0.2, 0.25) is 0 Å². The van der Waals surface area contributed by atoms with E-state index >= 15 is 0 Å². The van der Waals surface area contributed by atoms with E-state index in [2.05, 4.69) is 20.1 Å². The van der Waals surface area contributed by atoms with E-state index in [0.29, 0.717) is 22.9 Å². The number of aromatic nitrogens is 5. The minimum Gasteiger partial charge on any atom is -0.403 e. The number of aromatic amines is 1. The molecule has 10 heteroatoms. The molecule has 5 rings (SSSR count). The second-order valence-electron chi connectivity index (χ2n) is 7.58. The average molecular weight is 431 g/mol. The van der Waals surface area contributed by atoms with E-state index < -0.39 is 5.56 Å². The molecule has 10 nitrogen and oxygen atoms in total. The van der Waals surface area contributed by atoms with Gasteiger partial charge in [-0.3, -0.25) is 4.79 Å². The maximum Gasteiger partial charge on any atom is 0.318 e. The molecule has 0 spiro atoms. The maximum atomic E-state index is 13.5. The summed E-state index contributed by atoms with van der Waals surface area (Å²) in [5.41, 5.74) is 1.80. The number of H-pyrrole nitrogens is 1. The molecule has 0 saturated carbocycles. The summed E-state index contributed by atoms with van der Waals surface area (Å²) in [6.07, 6.45) is 3.30. The highest BCUT2D eigenvalue weighted by Gasteiger charge is 2.26. The highest BCUT2D eigenvalue weighted by Crippen LogP contribution is 2.34. The van der Waals surface area contributed by atoms with Crippen molar-refractivity contribution < 1.29 is 9.15 Å². The normalized spacial score (nSPS) is 14.1. The Morgan fingerprint density at radius 1 is 1.16 bits per heavy atom. The largest absolute Gasteiger partial charge is 0.403 e. The monoisotopic (exact) mass is 431 g/mol. The van der Waals surface area contributed by atoms with Crippen molar-refractivity contribution in [3.8, 4) is 22.6 Å². The van der Waals surface area contributed by atoms with Crippen molar-refractivity contribution in [1.29, 1.82) is 0 Å². The molecular formula is C22H21N7O3. The number of piperidine rings is 1. The van der Waals surface area contributed by atoms with Gasteiger partial charge in [-0.2, -0.15) is 0 Å². The summed E-state index contributed by atoms with van der Waals surface area (Å²) in [7, 11) is 1.53. The Balaban J connectivity index is 1.70. The number of hydrogen-bond acceptors (Lipinski definition) is 7. The molecular weight excluding hydrogens is 410 g/mol. The van der Waals surface area contributed by atoms with Crippen LogP contribution in [0.4, 0.5) is 11.8 Å². The van der Waals surface area contributed by atoms with Gasteiger partial charge in [-0.15, -0.1) is 9.61 Å². The lowest BCUT2D eigenvalue weighted by molar-refractivity contribution is 0.182. The van der Waals surface area contributed by atoms with Crippen molar-refractivity contribution in [2.45, 2.75) is 25.9 Å². The quantitative estimate of drug-likeness (QED) is 0.483. The highest BCUT2D eigenvalue weighted by atomic mass is 16.5. The van der Waals surface area contributed by atoms with Crippen LogP contribution in [0.5, 0.6) is 0 Å². The number of anilines is 1. The van der Waals surface area contributed by atoms with E-state index in [1.54, 1.807) is 0 Å². The fourth-order valence-electron chi connectivity index (χ4n) is 4.04. The Labute approximate surface area is 183 Å². The summed E-state index contributed by atoms with van der Waals surface area (Å²) in [4.78, 5) is 23.8. The molecule has 162 valence electrons. The second kappa shape index (κ2) is 8.28. The molecule has 4 aromatic rings. The van der Waals surface area contributed by atoms with Crippen LogP contribution in [-0.4, -0.2) is 45.0 Å². The van der Waals surface area contributed by atoms with Gasteiger partial charge in [-0.05, 0) is 24.8 Å². The van der Waals surface area contributed by atoms with E-state index in [1.807, 2.05) is 35.2 Å². The molecule has 0 amide bonds. The minimum absolute atomic E-state index is 0.0786. The number of nitrogens with one attached hydrogen (secondary N) is 1. The van der Waals surface area contributed by atoms with Gasteiger partial charge in [-0.25, -0.2) is 10.1 Å². The van der Waals surface area contributed by atoms with Crippen LogP contribution in [-0.2, 0) is 11.3 Å². The topological polar surface area (TPSA) is 106 Å². The third kappa shape index (κ3) is 3.33. The molecule has 0 atom stereocenters. The van der Waals surface area contributed by atoms with E-state index in [9.17, 15) is 4.79 Å². The Bertz CT molecular complexity index is 1360. The summed E-state index contributed by atoms with van der Waals surface area (Å²) >= 11 is 0. The zero-order chi connectivity index (χ0) is 22.1. The first-order valence-corrected chi connectivity index (χ1v) is 10.4.